The molecule has 0 aliphatic carbocycles. The highest BCUT2D eigenvalue weighted by molar-refractivity contribution is 5.62. The summed E-state index contributed by atoms with van der Waals surface area (Å²) < 4.78 is 6.92. The first kappa shape index (κ1) is 11.4. The molecule has 2 heterocycles. The number of nitrogens with zero attached hydrogens (tertiary/aromatic N) is 4. The van der Waals surface area contributed by atoms with E-state index in [4.69, 9.17) is 4.74 Å². The highest BCUT2D eigenvalue weighted by Gasteiger charge is 2.04. The van der Waals surface area contributed by atoms with Crippen LogP contribution in [0.4, 0.5) is 0 Å². The monoisotopic (exact) mass is 252 g/mol. The van der Waals surface area contributed by atoms with Crippen molar-refractivity contribution in [2.75, 3.05) is 7.11 Å². The van der Waals surface area contributed by atoms with Crippen LogP contribution in [0.2, 0.25) is 0 Å². The fraction of sp³-hybridized carbons (Fsp3) is 0.0714. The third-order valence-corrected chi connectivity index (χ3v) is 2.76. The van der Waals surface area contributed by atoms with Gasteiger partial charge in [0.05, 0.1) is 12.8 Å². The van der Waals surface area contributed by atoms with E-state index in [1.54, 1.807) is 18.0 Å². The lowest BCUT2D eigenvalue weighted by Crippen LogP contribution is -1.99. The van der Waals surface area contributed by atoms with Gasteiger partial charge < -0.3 is 4.74 Å². The molecule has 5 nitrogen and oxygen atoms in total. The maximum atomic E-state index is 5.22. The van der Waals surface area contributed by atoms with Crippen LogP contribution in [0.3, 0.4) is 0 Å². The van der Waals surface area contributed by atoms with Gasteiger partial charge in [-0.05, 0) is 18.2 Å². The standard InChI is InChI=1S/C14H12N4O/c1-19-12-5-2-4-11(8-12)13-9-14(16-10-15-13)18-7-3-6-17-18/h2-10H,1H3. The average molecular weight is 252 g/mol. The van der Waals surface area contributed by atoms with E-state index < -0.39 is 0 Å². The van der Waals surface area contributed by atoms with Gasteiger partial charge in [-0.2, -0.15) is 5.10 Å². The summed E-state index contributed by atoms with van der Waals surface area (Å²) in [5, 5.41) is 4.16. The highest BCUT2D eigenvalue weighted by atomic mass is 16.5. The second-order valence-electron chi connectivity index (χ2n) is 3.94. The minimum Gasteiger partial charge on any atom is -0.497 e. The smallest absolute Gasteiger partial charge is 0.157 e. The molecule has 0 N–H and O–H groups in total. The van der Waals surface area contributed by atoms with Crippen LogP contribution < -0.4 is 4.74 Å². The van der Waals surface area contributed by atoms with Crippen LogP contribution in [0.25, 0.3) is 17.1 Å². The Morgan fingerprint density at radius 1 is 1.11 bits per heavy atom. The van der Waals surface area contributed by atoms with Gasteiger partial charge >= 0.3 is 0 Å². The summed E-state index contributed by atoms with van der Waals surface area (Å²) in [4.78, 5) is 8.50. The fourth-order valence-corrected chi connectivity index (χ4v) is 1.82. The van der Waals surface area contributed by atoms with E-state index in [1.165, 1.54) is 6.33 Å². The summed E-state index contributed by atoms with van der Waals surface area (Å²) in [5.74, 6) is 1.54. The van der Waals surface area contributed by atoms with Gasteiger partial charge in [-0.15, -0.1) is 0 Å². The highest BCUT2D eigenvalue weighted by Crippen LogP contribution is 2.22. The Bertz CT molecular complexity index is 679. The van der Waals surface area contributed by atoms with E-state index in [9.17, 15) is 0 Å². The molecule has 2 aromatic heterocycles. The third kappa shape index (κ3) is 2.30. The Morgan fingerprint density at radius 3 is 2.84 bits per heavy atom. The molecular formula is C14H12N4O. The van der Waals surface area contributed by atoms with Crippen molar-refractivity contribution in [1.82, 2.24) is 19.7 Å². The molecular weight excluding hydrogens is 240 g/mol. The minimum absolute atomic E-state index is 0.734. The molecule has 5 heteroatoms. The van der Waals surface area contributed by atoms with Gasteiger partial charge in [-0.25, -0.2) is 14.6 Å². The molecule has 0 atom stereocenters. The average Bonchev–Trinajstić information content (AvgIpc) is 3.02. The van der Waals surface area contributed by atoms with Crippen LogP contribution in [-0.4, -0.2) is 26.9 Å². The first-order chi connectivity index (χ1) is 9.36. The van der Waals surface area contributed by atoms with Crippen molar-refractivity contribution >= 4 is 0 Å². The van der Waals surface area contributed by atoms with Crippen LogP contribution in [0.15, 0.2) is 55.1 Å². The van der Waals surface area contributed by atoms with E-state index in [2.05, 4.69) is 15.1 Å². The zero-order valence-electron chi connectivity index (χ0n) is 10.4. The number of rotatable bonds is 3. The van der Waals surface area contributed by atoms with E-state index >= 15 is 0 Å². The van der Waals surface area contributed by atoms with Gasteiger partial charge in [-0.1, -0.05) is 12.1 Å². The molecule has 1 aromatic carbocycles. The fourth-order valence-electron chi connectivity index (χ4n) is 1.82. The van der Waals surface area contributed by atoms with Crippen molar-refractivity contribution < 1.29 is 4.74 Å². The second kappa shape index (κ2) is 4.89. The minimum atomic E-state index is 0.734. The molecule has 0 aliphatic rings. The molecule has 0 saturated heterocycles. The van der Waals surface area contributed by atoms with Gasteiger partial charge in [0.25, 0.3) is 0 Å². The van der Waals surface area contributed by atoms with Gasteiger partial charge in [0.1, 0.15) is 12.1 Å². The molecule has 3 rings (SSSR count). The first-order valence-corrected chi connectivity index (χ1v) is 5.83. The number of hydrogen-bond acceptors (Lipinski definition) is 4. The molecule has 0 aliphatic heterocycles. The zero-order valence-corrected chi connectivity index (χ0v) is 10.4. The van der Waals surface area contributed by atoms with Gasteiger partial charge in [0.2, 0.25) is 0 Å². The summed E-state index contributed by atoms with van der Waals surface area (Å²) in [6.45, 7) is 0. The summed E-state index contributed by atoms with van der Waals surface area (Å²) in [7, 11) is 1.65. The van der Waals surface area contributed by atoms with E-state index in [0.717, 1.165) is 22.8 Å². The van der Waals surface area contributed by atoms with E-state index in [1.807, 2.05) is 42.6 Å². The van der Waals surface area contributed by atoms with Crippen LogP contribution in [-0.2, 0) is 0 Å². The third-order valence-electron chi connectivity index (χ3n) is 2.76. The SMILES string of the molecule is COc1cccc(-c2cc(-n3cccn3)ncn2)c1. The number of ether oxygens (including phenoxy) is 1. The van der Waals surface area contributed by atoms with Crippen LogP contribution in [0.5, 0.6) is 5.75 Å². The molecule has 0 spiro atoms. The predicted octanol–water partition coefficient (Wildman–Crippen LogP) is 2.34. The number of aromatic nitrogens is 4. The second-order valence-corrected chi connectivity index (χ2v) is 3.94. The molecule has 0 unspecified atom stereocenters. The van der Waals surface area contributed by atoms with Crippen molar-refractivity contribution in [3.05, 3.63) is 55.1 Å². The Balaban J connectivity index is 2.03. The number of benzene rings is 1. The first-order valence-electron chi connectivity index (χ1n) is 5.83. The summed E-state index contributed by atoms with van der Waals surface area (Å²) in [5.41, 5.74) is 1.81. The summed E-state index contributed by atoms with van der Waals surface area (Å²) >= 11 is 0. The van der Waals surface area contributed by atoms with Crippen molar-refractivity contribution in [1.29, 1.82) is 0 Å². The van der Waals surface area contributed by atoms with Crippen molar-refractivity contribution in [3.63, 3.8) is 0 Å². The molecule has 3 aromatic rings. The maximum Gasteiger partial charge on any atom is 0.157 e. The maximum absolute atomic E-state index is 5.22. The molecule has 0 fully saturated rings. The van der Waals surface area contributed by atoms with Gasteiger partial charge in [0.15, 0.2) is 5.82 Å². The van der Waals surface area contributed by atoms with Crippen LogP contribution in [0.1, 0.15) is 0 Å². The molecule has 0 saturated carbocycles. The molecule has 0 radical (unpaired) electrons. The summed E-state index contributed by atoms with van der Waals surface area (Å²) in [6, 6.07) is 11.5. The normalized spacial score (nSPS) is 10.4. The number of methoxy groups -OCH3 is 1. The van der Waals surface area contributed by atoms with Gasteiger partial charge in [-0.3, -0.25) is 0 Å². The Kier molecular flexibility index (Phi) is 2.94. The van der Waals surface area contributed by atoms with E-state index in [0.29, 0.717) is 0 Å². The zero-order chi connectivity index (χ0) is 13.1. The lowest BCUT2D eigenvalue weighted by Gasteiger charge is -2.05. The molecule has 94 valence electrons. The molecule has 0 bridgehead atoms. The quantitative estimate of drug-likeness (QED) is 0.718. The number of hydrogen-bond donors (Lipinski definition) is 0. The van der Waals surface area contributed by atoms with Crippen molar-refractivity contribution in [3.8, 4) is 22.8 Å². The Hall–Kier alpha value is -2.69. The van der Waals surface area contributed by atoms with Crippen LogP contribution in [0, 0.1) is 0 Å². The Labute approximate surface area is 110 Å². The largest absolute Gasteiger partial charge is 0.497 e. The molecule has 19 heavy (non-hydrogen) atoms. The predicted molar refractivity (Wildman–Crippen MR) is 71.1 cm³/mol. The lowest BCUT2D eigenvalue weighted by molar-refractivity contribution is 0.415. The Morgan fingerprint density at radius 2 is 2.05 bits per heavy atom. The summed E-state index contributed by atoms with van der Waals surface area (Å²) in [6.07, 6.45) is 5.09. The van der Waals surface area contributed by atoms with Gasteiger partial charge in [0, 0.05) is 24.0 Å². The molecule has 0 amide bonds. The van der Waals surface area contributed by atoms with Crippen molar-refractivity contribution in [2.24, 2.45) is 0 Å². The van der Waals surface area contributed by atoms with Crippen LogP contribution >= 0.6 is 0 Å². The van der Waals surface area contributed by atoms with E-state index in [-0.39, 0.29) is 0 Å². The topological polar surface area (TPSA) is 52.8 Å². The lowest BCUT2D eigenvalue weighted by atomic mass is 10.1. The van der Waals surface area contributed by atoms with Crippen molar-refractivity contribution in [2.45, 2.75) is 0 Å².